The second-order valence-corrected chi connectivity index (χ2v) is 9.02. The average Bonchev–Trinajstić information content (AvgIpc) is 3.38. The number of aliphatic hydroxyl groups excluding tert-OH is 1. The predicted octanol–water partition coefficient (Wildman–Crippen LogP) is 4.77. The van der Waals surface area contributed by atoms with Crippen LogP contribution in [0.1, 0.15) is 38.4 Å². The molecule has 8 heteroatoms. The van der Waals surface area contributed by atoms with Crippen LogP contribution in [-0.2, 0) is 6.54 Å². The maximum atomic E-state index is 12.7. The third-order valence-electron chi connectivity index (χ3n) is 5.55. The van der Waals surface area contributed by atoms with Crippen LogP contribution < -0.4 is 10.1 Å². The van der Waals surface area contributed by atoms with Crippen LogP contribution >= 0.6 is 11.3 Å². The summed E-state index contributed by atoms with van der Waals surface area (Å²) in [7, 11) is 1.60. The molecule has 35 heavy (non-hydrogen) atoms. The van der Waals surface area contributed by atoms with Crippen LogP contribution in [0, 0.1) is 0 Å². The van der Waals surface area contributed by atoms with E-state index in [1.165, 1.54) is 11.3 Å². The Hall–Kier alpha value is -3.59. The summed E-state index contributed by atoms with van der Waals surface area (Å²) in [6.45, 7) is 1.26. The van der Waals surface area contributed by atoms with Gasteiger partial charge in [0.25, 0.3) is 5.91 Å². The molecule has 7 nitrogen and oxygen atoms in total. The van der Waals surface area contributed by atoms with E-state index in [4.69, 9.17) is 4.74 Å². The molecule has 0 aliphatic rings. The van der Waals surface area contributed by atoms with Gasteiger partial charge in [-0.2, -0.15) is 0 Å². The normalized spacial score (nSPS) is 11.1. The Labute approximate surface area is 209 Å². The van der Waals surface area contributed by atoms with Crippen LogP contribution in [0.2, 0.25) is 0 Å². The Balaban J connectivity index is 1.54. The van der Waals surface area contributed by atoms with Crippen molar-refractivity contribution in [3.05, 3.63) is 106 Å². The number of rotatable bonds is 11. The van der Waals surface area contributed by atoms with Gasteiger partial charge in [0.1, 0.15) is 10.8 Å². The first-order valence-corrected chi connectivity index (χ1v) is 12.2. The number of hydrogen-bond donors (Lipinski definition) is 2. The summed E-state index contributed by atoms with van der Waals surface area (Å²) >= 11 is 1.27. The first-order chi connectivity index (χ1) is 17.2. The lowest BCUT2D eigenvalue weighted by Crippen LogP contribution is -2.30. The monoisotopic (exact) mass is 488 g/mol. The summed E-state index contributed by atoms with van der Waals surface area (Å²) < 4.78 is 5.16. The summed E-state index contributed by atoms with van der Waals surface area (Å²) in [5, 5.41) is 21.9. The van der Waals surface area contributed by atoms with E-state index in [1.54, 1.807) is 31.4 Å². The Morgan fingerprint density at radius 2 is 1.60 bits per heavy atom. The van der Waals surface area contributed by atoms with Crippen LogP contribution in [0.5, 0.6) is 5.75 Å². The van der Waals surface area contributed by atoms with Crippen molar-refractivity contribution in [3.63, 3.8) is 0 Å². The second kappa shape index (κ2) is 12.2. The highest BCUT2D eigenvalue weighted by atomic mass is 32.1. The third kappa shape index (κ3) is 6.51. The molecule has 1 amide bonds. The zero-order valence-electron chi connectivity index (χ0n) is 19.5. The van der Waals surface area contributed by atoms with E-state index >= 15 is 0 Å². The Morgan fingerprint density at radius 3 is 2.17 bits per heavy atom. The van der Waals surface area contributed by atoms with Gasteiger partial charge in [-0.3, -0.25) is 9.69 Å². The molecule has 0 fully saturated rings. The van der Waals surface area contributed by atoms with Crippen molar-refractivity contribution < 1.29 is 14.6 Å². The number of aromatic nitrogens is 2. The molecular weight excluding hydrogens is 460 g/mol. The van der Waals surface area contributed by atoms with Crippen LogP contribution in [0.4, 0.5) is 5.69 Å². The fourth-order valence-electron chi connectivity index (χ4n) is 3.90. The number of benzene rings is 3. The smallest absolute Gasteiger partial charge is 0.286 e. The van der Waals surface area contributed by atoms with Crippen LogP contribution in [-0.4, -0.2) is 46.4 Å². The van der Waals surface area contributed by atoms with E-state index in [2.05, 4.69) is 44.7 Å². The predicted molar refractivity (Wildman–Crippen MR) is 138 cm³/mol. The fraction of sp³-hybridized carbons (Fsp3) is 0.222. The maximum Gasteiger partial charge on any atom is 0.286 e. The van der Waals surface area contributed by atoms with Gasteiger partial charge in [-0.25, -0.2) is 0 Å². The number of nitrogens with one attached hydrogen (secondary N) is 1. The Bertz CT molecular complexity index is 1160. The molecule has 1 heterocycles. The zero-order valence-corrected chi connectivity index (χ0v) is 20.3. The summed E-state index contributed by atoms with van der Waals surface area (Å²) in [6.07, 6.45) is 0.625. The molecule has 1 aromatic heterocycles. The number of carbonyl (C=O) groups is 1. The standard InChI is InChI=1S/C27H28N4O3S/c1-34-23-15-13-22(14-16-23)28-26(33)27-30-29-24(35-27)19-31(17-8-18-32)25(20-9-4-2-5-10-20)21-11-6-3-7-12-21/h2-7,9-16,25,32H,8,17-19H2,1H3,(H,28,33). The van der Waals surface area contributed by atoms with E-state index < -0.39 is 0 Å². The lowest BCUT2D eigenvalue weighted by molar-refractivity contribution is 0.102. The van der Waals surface area contributed by atoms with Crippen molar-refractivity contribution in [2.45, 2.75) is 19.0 Å². The quantitative estimate of drug-likeness (QED) is 0.316. The highest BCUT2D eigenvalue weighted by molar-refractivity contribution is 7.13. The molecular formula is C27H28N4O3S. The van der Waals surface area contributed by atoms with E-state index in [1.807, 2.05) is 36.4 Å². The van der Waals surface area contributed by atoms with E-state index in [-0.39, 0.29) is 18.6 Å². The molecule has 0 saturated carbocycles. The summed E-state index contributed by atoms with van der Waals surface area (Å²) in [6, 6.07) is 27.7. The van der Waals surface area contributed by atoms with E-state index in [0.29, 0.717) is 30.2 Å². The van der Waals surface area contributed by atoms with Crippen molar-refractivity contribution in [1.82, 2.24) is 15.1 Å². The highest BCUT2D eigenvalue weighted by Crippen LogP contribution is 2.31. The zero-order chi connectivity index (χ0) is 24.5. The molecule has 180 valence electrons. The summed E-state index contributed by atoms with van der Waals surface area (Å²) in [4.78, 5) is 15.0. The first-order valence-electron chi connectivity index (χ1n) is 11.4. The minimum absolute atomic E-state index is 0.0237. The van der Waals surface area contributed by atoms with Crippen molar-refractivity contribution in [2.75, 3.05) is 25.6 Å². The molecule has 0 unspecified atom stereocenters. The third-order valence-corrected chi connectivity index (χ3v) is 6.45. The van der Waals surface area contributed by atoms with E-state index in [0.717, 1.165) is 21.9 Å². The SMILES string of the molecule is COc1ccc(NC(=O)c2nnc(CN(CCCO)C(c3ccccc3)c3ccccc3)s2)cc1. The van der Waals surface area contributed by atoms with Gasteiger partial charge < -0.3 is 15.2 Å². The van der Waals surface area contributed by atoms with Crippen molar-refractivity contribution in [1.29, 1.82) is 0 Å². The first kappa shape index (κ1) is 24.5. The van der Waals surface area contributed by atoms with Crippen molar-refractivity contribution in [3.8, 4) is 5.75 Å². The number of anilines is 1. The van der Waals surface area contributed by atoms with Gasteiger partial charge in [0.2, 0.25) is 5.01 Å². The van der Waals surface area contributed by atoms with Gasteiger partial charge in [0.05, 0.1) is 19.7 Å². The molecule has 0 bridgehead atoms. The molecule has 0 radical (unpaired) electrons. The lowest BCUT2D eigenvalue weighted by atomic mass is 9.97. The summed E-state index contributed by atoms with van der Waals surface area (Å²) in [5.41, 5.74) is 2.96. The number of carbonyl (C=O) groups excluding carboxylic acids is 1. The fourth-order valence-corrected chi connectivity index (χ4v) is 4.66. The Morgan fingerprint density at radius 1 is 0.971 bits per heavy atom. The number of aliphatic hydroxyl groups is 1. The minimum atomic E-state index is -0.302. The van der Waals surface area contributed by atoms with Gasteiger partial charge in [-0.05, 0) is 41.8 Å². The molecule has 4 aromatic rings. The number of ether oxygens (including phenoxy) is 1. The minimum Gasteiger partial charge on any atom is -0.497 e. The molecule has 0 atom stereocenters. The number of nitrogens with zero attached hydrogens (tertiary/aromatic N) is 3. The van der Waals surface area contributed by atoms with Gasteiger partial charge >= 0.3 is 0 Å². The van der Waals surface area contributed by atoms with E-state index in [9.17, 15) is 9.90 Å². The molecule has 4 rings (SSSR count). The van der Waals surface area contributed by atoms with Gasteiger partial charge in [-0.1, -0.05) is 72.0 Å². The van der Waals surface area contributed by atoms with Crippen molar-refractivity contribution >= 4 is 22.9 Å². The van der Waals surface area contributed by atoms with Crippen LogP contribution in [0.25, 0.3) is 0 Å². The highest BCUT2D eigenvalue weighted by Gasteiger charge is 2.24. The maximum absolute atomic E-state index is 12.7. The number of methoxy groups -OCH3 is 1. The topological polar surface area (TPSA) is 87.6 Å². The van der Waals surface area contributed by atoms with Gasteiger partial charge in [-0.15, -0.1) is 10.2 Å². The summed E-state index contributed by atoms with van der Waals surface area (Å²) in [5.74, 6) is 0.416. The molecule has 3 aromatic carbocycles. The van der Waals surface area contributed by atoms with Crippen LogP contribution in [0.15, 0.2) is 84.9 Å². The second-order valence-electron chi connectivity index (χ2n) is 7.96. The van der Waals surface area contributed by atoms with Crippen LogP contribution in [0.3, 0.4) is 0 Å². The largest absolute Gasteiger partial charge is 0.497 e. The number of amides is 1. The lowest BCUT2D eigenvalue weighted by Gasteiger charge is -2.32. The molecule has 0 aliphatic carbocycles. The average molecular weight is 489 g/mol. The molecule has 0 saturated heterocycles. The van der Waals surface area contributed by atoms with Crippen molar-refractivity contribution in [2.24, 2.45) is 0 Å². The molecule has 0 spiro atoms. The Kier molecular flexibility index (Phi) is 8.56. The van der Waals surface area contributed by atoms with Gasteiger partial charge in [0, 0.05) is 18.8 Å². The van der Waals surface area contributed by atoms with Gasteiger partial charge in [0.15, 0.2) is 0 Å². The molecule has 0 aliphatic heterocycles. The number of hydrogen-bond acceptors (Lipinski definition) is 7. The molecule has 2 N–H and O–H groups in total.